The van der Waals surface area contributed by atoms with Crippen LogP contribution in [0.15, 0.2) is 52.9 Å². The number of carbonyl (C=O) groups excluding carboxylic acids is 1. The predicted molar refractivity (Wildman–Crippen MR) is 83.3 cm³/mol. The SMILES string of the molecule is C#Cc1cccc(NC(=O)c2cc3cc(C)ccc3o2)c1. The zero-order valence-electron chi connectivity index (χ0n) is 11.5. The number of hydrogen-bond acceptors (Lipinski definition) is 2. The molecule has 0 bridgehead atoms. The van der Waals surface area contributed by atoms with Gasteiger partial charge in [-0.05, 0) is 43.3 Å². The fraction of sp³-hybridized carbons (Fsp3) is 0.0556. The van der Waals surface area contributed by atoms with Crippen molar-refractivity contribution in [1.82, 2.24) is 0 Å². The lowest BCUT2D eigenvalue weighted by atomic mass is 10.2. The van der Waals surface area contributed by atoms with Crippen LogP contribution in [0.2, 0.25) is 0 Å². The first-order valence-electron chi connectivity index (χ1n) is 6.54. The Hall–Kier alpha value is -2.99. The van der Waals surface area contributed by atoms with E-state index in [1.807, 2.05) is 25.1 Å². The van der Waals surface area contributed by atoms with Crippen LogP contribution < -0.4 is 5.32 Å². The van der Waals surface area contributed by atoms with Gasteiger partial charge in [0.2, 0.25) is 0 Å². The van der Waals surface area contributed by atoms with Crippen molar-refractivity contribution >= 4 is 22.6 Å². The summed E-state index contributed by atoms with van der Waals surface area (Å²) in [6.45, 7) is 2.00. The summed E-state index contributed by atoms with van der Waals surface area (Å²) >= 11 is 0. The quantitative estimate of drug-likeness (QED) is 0.719. The lowest BCUT2D eigenvalue weighted by molar-refractivity contribution is 0.0998. The van der Waals surface area contributed by atoms with Crippen molar-refractivity contribution < 1.29 is 9.21 Å². The van der Waals surface area contributed by atoms with Gasteiger partial charge in [0, 0.05) is 16.6 Å². The molecule has 0 saturated heterocycles. The smallest absolute Gasteiger partial charge is 0.291 e. The lowest BCUT2D eigenvalue weighted by Gasteiger charge is -2.03. The molecule has 0 aliphatic carbocycles. The molecule has 102 valence electrons. The Morgan fingerprint density at radius 1 is 1.19 bits per heavy atom. The maximum absolute atomic E-state index is 12.2. The van der Waals surface area contributed by atoms with Crippen molar-refractivity contribution in [3.63, 3.8) is 0 Å². The number of terminal acetylenes is 1. The topological polar surface area (TPSA) is 42.2 Å². The molecule has 3 nitrogen and oxygen atoms in total. The van der Waals surface area contributed by atoms with Gasteiger partial charge < -0.3 is 9.73 Å². The van der Waals surface area contributed by atoms with Crippen LogP contribution in [0.4, 0.5) is 5.69 Å². The lowest BCUT2D eigenvalue weighted by Crippen LogP contribution is -2.10. The van der Waals surface area contributed by atoms with E-state index in [2.05, 4.69) is 11.2 Å². The Bertz CT molecular complexity index is 868. The van der Waals surface area contributed by atoms with Crippen molar-refractivity contribution in [1.29, 1.82) is 0 Å². The summed E-state index contributed by atoms with van der Waals surface area (Å²) in [7, 11) is 0. The molecule has 1 amide bonds. The summed E-state index contributed by atoms with van der Waals surface area (Å²) in [5.74, 6) is 2.52. The standard InChI is InChI=1S/C18H13NO2/c1-3-13-5-4-6-15(10-13)19-18(20)17-11-14-9-12(2)7-8-16(14)21-17/h1,4-11H,2H3,(H,19,20). The number of amides is 1. The minimum Gasteiger partial charge on any atom is -0.451 e. The first kappa shape index (κ1) is 13.0. The van der Waals surface area contributed by atoms with E-state index in [-0.39, 0.29) is 11.7 Å². The zero-order chi connectivity index (χ0) is 14.8. The van der Waals surface area contributed by atoms with Crippen LogP contribution in [0, 0.1) is 19.3 Å². The molecule has 0 aliphatic rings. The number of benzene rings is 2. The highest BCUT2D eigenvalue weighted by Gasteiger charge is 2.12. The van der Waals surface area contributed by atoms with Gasteiger partial charge in [-0.3, -0.25) is 4.79 Å². The number of nitrogens with one attached hydrogen (secondary N) is 1. The summed E-state index contributed by atoms with van der Waals surface area (Å²) in [5, 5.41) is 3.69. The second kappa shape index (κ2) is 5.18. The van der Waals surface area contributed by atoms with Gasteiger partial charge in [-0.25, -0.2) is 0 Å². The van der Waals surface area contributed by atoms with Gasteiger partial charge in [-0.1, -0.05) is 23.6 Å². The largest absolute Gasteiger partial charge is 0.451 e. The van der Waals surface area contributed by atoms with Gasteiger partial charge in [0.25, 0.3) is 5.91 Å². The predicted octanol–water partition coefficient (Wildman–Crippen LogP) is 3.97. The number of carbonyl (C=O) groups is 1. The van der Waals surface area contributed by atoms with E-state index < -0.39 is 0 Å². The molecule has 21 heavy (non-hydrogen) atoms. The first-order chi connectivity index (χ1) is 10.2. The number of hydrogen-bond donors (Lipinski definition) is 1. The van der Waals surface area contributed by atoms with Crippen molar-refractivity contribution in [2.24, 2.45) is 0 Å². The highest BCUT2D eigenvalue weighted by molar-refractivity contribution is 6.04. The molecular formula is C18H13NO2. The van der Waals surface area contributed by atoms with Crippen LogP contribution >= 0.6 is 0 Å². The second-order valence-electron chi connectivity index (χ2n) is 4.83. The number of furan rings is 1. The molecule has 3 aromatic rings. The Balaban J connectivity index is 1.88. The van der Waals surface area contributed by atoms with E-state index in [0.29, 0.717) is 16.8 Å². The van der Waals surface area contributed by atoms with Crippen LogP contribution in [-0.4, -0.2) is 5.91 Å². The maximum atomic E-state index is 12.2. The minimum atomic E-state index is -0.293. The van der Waals surface area contributed by atoms with E-state index in [0.717, 1.165) is 10.9 Å². The number of fused-ring (bicyclic) bond motifs is 1. The van der Waals surface area contributed by atoms with Crippen LogP contribution in [0.5, 0.6) is 0 Å². The van der Waals surface area contributed by atoms with Crippen molar-refractivity contribution in [2.45, 2.75) is 6.92 Å². The average molecular weight is 275 g/mol. The van der Waals surface area contributed by atoms with Gasteiger partial charge in [-0.15, -0.1) is 6.42 Å². The molecule has 0 atom stereocenters. The molecule has 0 radical (unpaired) electrons. The van der Waals surface area contributed by atoms with Crippen LogP contribution in [0.1, 0.15) is 21.7 Å². The third kappa shape index (κ3) is 2.65. The molecule has 0 fully saturated rings. The van der Waals surface area contributed by atoms with Gasteiger partial charge in [0.15, 0.2) is 5.76 Å². The summed E-state index contributed by atoms with van der Waals surface area (Å²) < 4.78 is 5.56. The third-order valence-corrected chi connectivity index (χ3v) is 3.18. The molecule has 0 unspecified atom stereocenters. The van der Waals surface area contributed by atoms with E-state index >= 15 is 0 Å². The molecule has 0 saturated carbocycles. The first-order valence-corrected chi connectivity index (χ1v) is 6.54. The summed E-state index contributed by atoms with van der Waals surface area (Å²) in [5.41, 5.74) is 3.18. The van der Waals surface area contributed by atoms with Crippen LogP contribution in [0.3, 0.4) is 0 Å². The number of anilines is 1. The normalized spacial score (nSPS) is 10.3. The highest BCUT2D eigenvalue weighted by Crippen LogP contribution is 2.21. The molecule has 1 aromatic heterocycles. The molecule has 3 rings (SSSR count). The average Bonchev–Trinajstić information content (AvgIpc) is 2.90. The van der Waals surface area contributed by atoms with Gasteiger partial charge in [0.1, 0.15) is 5.58 Å². The Kier molecular flexibility index (Phi) is 3.21. The Morgan fingerprint density at radius 3 is 2.86 bits per heavy atom. The van der Waals surface area contributed by atoms with E-state index in [1.54, 1.807) is 30.3 Å². The van der Waals surface area contributed by atoms with Crippen LogP contribution in [-0.2, 0) is 0 Å². The van der Waals surface area contributed by atoms with Gasteiger partial charge in [0.05, 0.1) is 0 Å². The molecule has 1 N–H and O–H groups in total. The fourth-order valence-corrected chi connectivity index (χ4v) is 2.15. The third-order valence-electron chi connectivity index (χ3n) is 3.18. The monoisotopic (exact) mass is 275 g/mol. The fourth-order valence-electron chi connectivity index (χ4n) is 2.15. The van der Waals surface area contributed by atoms with E-state index in [9.17, 15) is 4.79 Å². The molecular weight excluding hydrogens is 262 g/mol. The Morgan fingerprint density at radius 2 is 2.05 bits per heavy atom. The van der Waals surface area contributed by atoms with E-state index in [1.165, 1.54) is 0 Å². The van der Waals surface area contributed by atoms with Crippen LogP contribution in [0.25, 0.3) is 11.0 Å². The minimum absolute atomic E-state index is 0.279. The summed E-state index contributed by atoms with van der Waals surface area (Å²) in [4.78, 5) is 12.2. The summed E-state index contributed by atoms with van der Waals surface area (Å²) in [6.07, 6.45) is 5.34. The van der Waals surface area contributed by atoms with Gasteiger partial charge >= 0.3 is 0 Å². The van der Waals surface area contributed by atoms with Gasteiger partial charge in [-0.2, -0.15) is 0 Å². The maximum Gasteiger partial charge on any atom is 0.291 e. The van der Waals surface area contributed by atoms with Crippen molar-refractivity contribution in [3.05, 3.63) is 65.4 Å². The number of aryl methyl sites for hydroxylation is 1. The molecule has 1 heterocycles. The summed E-state index contributed by atoms with van der Waals surface area (Å²) in [6, 6.07) is 14.7. The number of rotatable bonds is 2. The molecule has 3 heteroatoms. The zero-order valence-corrected chi connectivity index (χ0v) is 11.5. The van der Waals surface area contributed by atoms with Crippen molar-refractivity contribution in [3.8, 4) is 12.3 Å². The Labute approximate surface area is 122 Å². The highest BCUT2D eigenvalue weighted by atomic mass is 16.3. The molecule has 0 aliphatic heterocycles. The molecule has 2 aromatic carbocycles. The van der Waals surface area contributed by atoms with Crippen molar-refractivity contribution in [2.75, 3.05) is 5.32 Å². The van der Waals surface area contributed by atoms with E-state index in [4.69, 9.17) is 10.8 Å². The second-order valence-corrected chi connectivity index (χ2v) is 4.83. The molecule has 0 spiro atoms.